The summed E-state index contributed by atoms with van der Waals surface area (Å²) in [5.74, 6) is 1.43. The first kappa shape index (κ1) is 24.4. The minimum Gasteiger partial charge on any atom is -0.382 e. The Bertz CT molecular complexity index is 983. The van der Waals surface area contributed by atoms with Crippen LogP contribution in [-0.2, 0) is 6.42 Å². The van der Waals surface area contributed by atoms with Crippen LogP contribution in [0.1, 0.15) is 55.8 Å². The van der Waals surface area contributed by atoms with Crippen molar-refractivity contribution in [1.82, 2.24) is 20.0 Å². The number of nitrogen functional groups attached to an aromatic ring is 1. The Morgan fingerprint density at radius 2 is 2.03 bits per heavy atom. The number of halogens is 1. The van der Waals surface area contributed by atoms with Crippen molar-refractivity contribution in [2.75, 3.05) is 31.9 Å². The molecule has 2 aliphatic rings. The van der Waals surface area contributed by atoms with Gasteiger partial charge in [0.25, 0.3) is 0 Å². The van der Waals surface area contributed by atoms with Crippen LogP contribution in [-0.4, -0.2) is 46.8 Å². The van der Waals surface area contributed by atoms with Gasteiger partial charge in [0.05, 0.1) is 11.4 Å². The van der Waals surface area contributed by atoms with Crippen molar-refractivity contribution >= 4 is 35.8 Å². The van der Waals surface area contributed by atoms with E-state index in [4.69, 9.17) is 10.7 Å². The third-order valence-electron chi connectivity index (χ3n) is 6.70. The molecule has 2 aromatic rings. The highest BCUT2D eigenvalue weighted by Gasteiger charge is 2.43. The largest absolute Gasteiger partial charge is 0.382 e. The molecule has 7 nitrogen and oxygen atoms in total. The number of aliphatic imine (C=N–C) groups is 1. The molecule has 4 rings (SSSR count). The molecule has 1 saturated carbocycles. The molecule has 8 heteroatoms. The van der Waals surface area contributed by atoms with Gasteiger partial charge in [0, 0.05) is 26.2 Å². The van der Waals surface area contributed by atoms with E-state index in [1.165, 1.54) is 31.2 Å². The Morgan fingerprint density at radius 3 is 2.62 bits per heavy atom. The fourth-order valence-electron chi connectivity index (χ4n) is 4.72. The maximum absolute atomic E-state index is 9.61. The molecule has 2 fully saturated rings. The van der Waals surface area contributed by atoms with Gasteiger partial charge in [-0.3, -0.25) is 4.99 Å². The van der Waals surface area contributed by atoms with E-state index in [1.54, 1.807) is 4.68 Å². The standard InChI is InChI=1S/C24H33N7.HI/c1-3-27-23(30-15-13-24(17-30)11-5-12-24)28-14-4-6-21-20(16-25)22(26)31(29-21)19-9-7-18(2)8-10-19;/h7-10H,3-6,11-15,17,26H2,1-2H3,(H,27,28);1H. The number of nitrogens with one attached hydrogen (secondary N) is 1. The lowest BCUT2D eigenvalue weighted by Gasteiger charge is -2.38. The second-order valence-corrected chi connectivity index (χ2v) is 8.93. The highest BCUT2D eigenvalue weighted by atomic mass is 127. The molecule has 0 radical (unpaired) electrons. The van der Waals surface area contributed by atoms with Gasteiger partial charge in [-0.15, -0.1) is 24.0 Å². The van der Waals surface area contributed by atoms with E-state index in [0.29, 0.717) is 29.8 Å². The number of rotatable bonds is 6. The van der Waals surface area contributed by atoms with Crippen LogP contribution in [0.3, 0.4) is 0 Å². The third-order valence-corrected chi connectivity index (χ3v) is 6.70. The molecule has 1 aliphatic carbocycles. The normalized spacial score (nSPS) is 17.0. The zero-order valence-electron chi connectivity index (χ0n) is 19.1. The van der Waals surface area contributed by atoms with Gasteiger partial charge in [-0.05, 0) is 63.5 Å². The summed E-state index contributed by atoms with van der Waals surface area (Å²) in [5, 5.41) is 17.7. The molecular formula is C24H34IN7. The minimum absolute atomic E-state index is 0. The number of nitriles is 1. The second-order valence-electron chi connectivity index (χ2n) is 8.93. The van der Waals surface area contributed by atoms with Gasteiger partial charge < -0.3 is 16.0 Å². The number of nitrogens with two attached hydrogens (primary N) is 1. The van der Waals surface area contributed by atoms with Crippen LogP contribution in [0.15, 0.2) is 29.3 Å². The van der Waals surface area contributed by atoms with E-state index < -0.39 is 0 Å². The third kappa shape index (κ3) is 5.03. The monoisotopic (exact) mass is 547 g/mol. The molecule has 0 atom stereocenters. The molecule has 0 bridgehead atoms. The molecule has 1 saturated heterocycles. The summed E-state index contributed by atoms with van der Waals surface area (Å²) in [6.45, 7) is 7.96. The number of likely N-dealkylation sites (tertiary alicyclic amines) is 1. The Labute approximate surface area is 208 Å². The van der Waals surface area contributed by atoms with E-state index >= 15 is 0 Å². The number of nitrogens with zero attached hydrogens (tertiary/aromatic N) is 5. The van der Waals surface area contributed by atoms with Gasteiger partial charge >= 0.3 is 0 Å². The Hall–Kier alpha value is -2.28. The van der Waals surface area contributed by atoms with Crippen molar-refractivity contribution in [2.45, 2.75) is 52.4 Å². The Morgan fingerprint density at radius 1 is 1.28 bits per heavy atom. The molecule has 1 aromatic carbocycles. The fourth-order valence-corrected chi connectivity index (χ4v) is 4.72. The number of guanidine groups is 1. The molecule has 1 aliphatic heterocycles. The number of hydrogen-bond acceptors (Lipinski definition) is 4. The number of aromatic nitrogens is 2. The zero-order chi connectivity index (χ0) is 21.8. The first-order valence-electron chi connectivity index (χ1n) is 11.4. The van der Waals surface area contributed by atoms with E-state index in [0.717, 1.165) is 43.4 Å². The molecule has 32 heavy (non-hydrogen) atoms. The smallest absolute Gasteiger partial charge is 0.193 e. The van der Waals surface area contributed by atoms with Crippen molar-refractivity contribution in [3.8, 4) is 11.8 Å². The summed E-state index contributed by atoms with van der Waals surface area (Å²) in [4.78, 5) is 7.29. The summed E-state index contributed by atoms with van der Waals surface area (Å²) in [5.41, 5.74) is 10.1. The van der Waals surface area contributed by atoms with Gasteiger partial charge in [0.2, 0.25) is 0 Å². The van der Waals surface area contributed by atoms with Crippen molar-refractivity contribution in [1.29, 1.82) is 5.26 Å². The van der Waals surface area contributed by atoms with Gasteiger partial charge in [-0.25, -0.2) is 4.68 Å². The van der Waals surface area contributed by atoms with Crippen molar-refractivity contribution < 1.29 is 0 Å². The first-order valence-corrected chi connectivity index (χ1v) is 11.4. The molecule has 0 unspecified atom stereocenters. The van der Waals surface area contributed by atoms with Crippen molar-refractivity contribution in [2.24, 2.45) is 10.4 Å². The van der Waals surface area contributed by atoms with Crippen LogP contribution in [0.5, 0.6) is 0 Å². The molecule has 1 aromatic heterocycles. The summed E-state index contributed by atoms with van der Waals surface area (Å²) in [7, 11) is 0. The maximum Gasteiger partial charge on any atom is 0.193 e. The van der Waals surface area contributed by atoms with E-state index in [-0.39, 0.29) is 24.0 Å². The summed E-state index contributed by atoms with van der Waals surface area (Å²) in [6.07, 6.45) is 6.90. The molecular weight excluding hydrogens is 513 g/mol. The second kappa shape index (κ2) is 10.6. The SMILES string of the molecule is CCNC(=NCCCc1nn(-c2ccc(C)cc2)c(N)c1C#N)N1CCC2(CCC2)C1.I. The quantitative estimate of drug-likeness (QED) is 0.247. The summed E-state index contributed by atoms with van der Waals surface area (Å²) < 4.78 is 1.67. The minimum atomic E-state index is 0. The van der Waals surface area contributed by atoms with E-state index in [9.17, 15) is 5.26 Å². The van der Waals surface area contributed by atoms with Crippen LogP contribution in [0.4, 0.5) is 5.82 Å². The maximum atomic E-state index is 9.61. The topological polar surface area (TPSA) is 95.3 Å². The summed E-state index contributed by atoms with van der Waals surface area (Å²) in [6, 6.07) is 10.2. The number of hydrogen-bond donors (Lipinski definition) is 2. The highest BCUT2D eigenvalue weighted by molar-refractivity contribution is 14.0. The van der Waals surface area contributed by atoms with Crippen LogP contribution in [0, 0.1) is 23.7 Å². The number of aryl methyl sites for hydroxylation is 2. The molecule has 1 spiro atoms. The van der Waals surface area contributed by atoms with Crippen LogP contribution >= 0.6 is 24.0 Å². The first-order chi connectivity index (χ1) is 15.0. The van der Waals surface area contributed by atoms with Gasteiger partial charge in [-0.2, -0.15) is 10.4 Å². The van der Waals surface area contributed by atoms with Crippen molar-refractivity contribution in [3.63, 3.8) is 0 Å². The predicted molar refractivity (Wildman–Crippen MR) is 140 cm³/mol. The number of benzene rings is 1. The molecule has 3 N–H and O–H groups in total. The molecule has 0 amide bonds. The van der Waals surface area contributed by atoms with Crippen LogP contribution in [0.25, 0.3) is 5.69 Å². The van der Waals surface area contributed by atoms with Crippen molar-refractivity contribution in [3.05, 3.63) is 41.1 Å². The van der Waals surface area contributed by atoms with E-state index in [2.05, 4.69) is 28.3 Å². The van der Waals surface area contributed by atoms with Gasteiger partial charge in [0.1, 0.15) is 17.5 Å². The zero-order valence-corrected chi connectivity index (χ0v) is 21.4. The lowest BCUT2D eigenvalue weighted by atomic mass is 9.68. The average molecular weight is 547 g/mol. The average Bonchev–Trinajstić information content (AvgIpc) is 3.33. The lowest BCUT2D eigenvalue weighted by Crippen LogP contribution is -2.42. The number of anilines is 1. The predicted octanol–water partition coefficient (Wildman–Crippen LogP) is 4.03. The fraction of sp³-hybridized carbons (Fsp3) is 0.542. The Balaban J connectivity index is 0.00000289. The summed E-state index contributed by atoms with van der Waals surface area (Å²) >= 11 is 0. The highest BCUT2D eigenvalue weighted by Crippen LogP contribution is 2.47. The van der Waals surface area contributed by atoms with Gasteiger partial charge in [0.15, 0.2) is 5.96 Å². The van der Waals surface area contributed by atoms with Gasteiger partial charge in [-0.1, -0.05) is 24.1 Å². The van der Waals surface area contributed by atoms with Crippen LogP contribution < -0.4 is 11.1 Å². The van der Waals surface area contributed by atoms with Crippen LogP contribution in [0.2, 0.25) is 0 Å². The molecule has 2 heterocycles. The molecule has 172 valence electrons. The lowest BCUT2D eigenvalue weighted by molar-refractivity contribution is 0.151. The van der Waals surface area contributed by atoms with E-state index in [1.807, 2.05) is 31.2 Å². The Kier molecular flexibility index (Phi) is 8.04.